The molecule has 0 spiro atoms. The first-order valence-electron chi connectivity index (χ1n) is 5.40. The molecule has 5 heteroatoms. The third-order valence-electron chi connectivity index (χ3n) is 2.34. The van der Waals surface area contributed by atoms with Gasteiger partial charge in [0.05, 0.1) is 0 Å². The van der Waals surface area contributed by atoms with Gasteiger partial charge in [-0.2, -0.15) is 0 Å². The molecule has 18 heavy (non-hydrogen) atoms. The highest BCUT2D eigenvalue weighted by Gasteiger charge is 2.05. The van der Waals surface area contributed by atoms with Crippen LogP contribution in [0.15, 0.2) is 36.5 Å². The van der Waals surface area contributed by atoms with E-state index in [1.165, 1.54) is 0 Å². The summed E-state index contributed by atoms with van der Waals surface area (Å²) in [6.45, 7) is 1.90. The van der Waals surface area contributed by atoms with Crippen molar-refractivity contribution in [3.8, 4) is 11.6 Å². The molecule has 1 unspecified atom stereocenters. The molecule has 0 aliphatic rings. The molecule has 2 aromatic rings. The predicted molar refractivity (Wildman–Crippen MR) is 73.4 cm³/mol. The van der Waals surface area contributed by atoms with E-state index < -0.39 is 0 Å². The zero-order chi connectivity index (χ0) is 13.1. The number of pyridine rings is 1. The fourth-order valence-electron chi connectivity index (χ4n) is 1.47. The average Bonchev–Trinajstić information content (AvgIpc) is 2.27. The van der Waals surface area contributed by atoms with Crippen molar-refractivity contribution in [3.63, 3.8) is 0 Å². The normalized spacial score (nSPS) is 12.2. The summed E-state index contributed by atoms with van der Waals surface area (Å²) in [6.07, 6.45) is 1.65. The second-order valence-corrected chi connectivity index (χ2v) is 4.80. The van der Waals surface area contributed by atoms with Crippen molar-refractivity contribution in [2.75, 3.05) is 0 Å². The zero-order valence-corrected chi connectivity index (χ0v) is 11.2. The van der Waals surface area contributed by atoms with Crippen molar-refractivity contribution >= 4 is 23.2 Å². The van der Waals surface area contributed by atoms with Gasteiger partial charge in [0.15, 0.2) is 0 Å². The van der Waals surface area contributed by atoms with Gasteiger partial charge in [0, 0.05) is 28.4 Å². The Morgan fingerprint density at radius 1 is 1.17 bits per heavy atom. The lowest BCUT2D eigenvalue weighted by atomic mass is 10.1. The van der Waals surface area contributed by atoms with Crippen LogP contribution in [0.25, 0.3) is 0 Å². The average molecular weight is 283 g/mol. The van der Waals surface area contributed by atoms with Crippen LogP contribution in [-0.2, 0) is 0 Å². The van der Waals surface area contributed by atoms with Gasteiger partial charge in [-0.15, -0.1) is 0 Å². The Hall–Kier alpha value is -1.29. The van der Waals surface area contributed by atoms with Crippen LogP contribution in [0, 0.1) is 0 Å². The number of aromatic nitrogens is 1. The Bertz CT molecular complexity index is 538. The first-order valence-corrected chi connectivity index (χ1v) is 6.15. The molecule has 0 amide bonds. The van der Waals surface area contributed by atoms with Gasteiger partial charge in [-0.1, -0.05) is 23.2 Å². The molecule has 2 N–H and O–H groups in total. The first-order chi connectivity index (χ1) is 8.54. The smallest absolute Gasteiger partial charge is 0.219 e. The summed E-state index contributed by atoms with van der Waals surface area (Å²) in [7, 11) is 0. The summed E-state index contributed by atoms with van der Waals surface area (Å²) in [5.41, 5.74) is 6.75. The number of benzene rings is 1. The Kier molecular flexibility index (Phi) is 4.07. The second-order valence-electron chi connectivity index (χ2n) is 3.92. The summed E-state index contributed by atoms with van der Waals surface area (Å²) in [5, 5.41) is 1.03. The standard InChI is InChI=1S/C13H12Cl2N2O/c1-8(16)9-2-3-17-13(4-9)18-12-6-10(14)5-11(15)7-12/h2-8H,16H2,1H3. The third kappa shape index (κ3) is 3.35. The molecule has 0 saturated heterocycles. The van der Waals surface area contributed by atoms with E-state index in [2.05, 4.69) is 4.98 Å². The van der Waals surface area contributed by atoms with E-state index in [1.807, 2.05) is 13.0 Å². The molecular weight excluding hydrogens is 271 g/mol. The number of hydrogen-bond donors (Lipinski definition) is 1. The highest BCUT2D eigenvalue weighted by Crippen LogP contribution is 2.28. The van der Waals surface area contributed by atoms with Crippen LogP contribution < -0.4 is 10.5 Å². The van der Waals surface area contributed by atoms with Crippen molar-refractivity contribution in [2.45, 2.75) is 13.0 Å². The monoisotopic (exact) mass is 282 g/mol. The first kappa shape index (κ1) is 13.1. The minimum atomic E-state index is -0.0710. The maximum absolute atomic E-state index is 5.89. The fourth-order valence-corrected chi connectivity index (χ4v) is 1.98. The summed E-state index contributed by atoms with van der Waals surface area (Å²) in [4.78, 5) is 4.11. The van der Waals surface area contributed by atoms with E-state index in [0.29, 0.717) is 21.7 Å². The highest BCUT2D eigenvalue weighted by atomic mass is 35.5. The van der Waals surface area contributed by atoms with Gasteiger partial charge in [0.1, 0.15) is 5.75 Å². The van der Waals surface area contributed by atoms with E-state index in [9.17, 15) is 0 Å². The predicted octanol–water partition coefficient (Wildman–Crippen LogP) is 4.20. The molecule has 0 bridgehead atoms. The van der Waals surface area contributed by atoms with E-state index in [0.717, 1.165) is 5.56 Å². The second kappa shape index (κ2) is 5.57. The van der Waals surface area contributed by atoms with Gasteiger partial charge in [-0.3, -0.25) is 0 Å². The molecule has 0 aliphatic heterocycles. The minimum Gasteiger partial charge on any atom is -0.439 e. The minimum absolute atomic E-state index is 0.0710. The highest BCUT2D eigenvalue weighted by molar-refractivity contribution is 6.34. The van der Waals surface area contributed by atoms with Crippen molar-refractivity contribution in [1.82, 2.24) is 4.98 Å². The Labute approximate surface area is 115 Å². The van der Waals surface area contributed by atoms with E-state index >= 15 is 0 Å². The molecule has 1 heterocycles. The Morgan fingerprint density at radius 2 is 1.83 bits per heavy atom. The molecule has 3 nitrogen and oxygen atoms in total. The maximum atomic E-state index is 5.89. The third-order valence-corrected chi connectivity index (χ3v) is 2.78. The van der Waals surface area contributed by atoms with Crippen LogP contribution >= 0.6 is 23.2 Å². The summed E-state index contributed by atoms with van der Waals surface area (Å²) in [5.74, 6) is 1.00. The van der Waals surface area contributed by atoms with Crippen molar-refractivity contribution < 1.29 is 4.74 Å². The van der Waals surface area contributed by atoms with Crippen molar-refractivity contribution in [2.24, 2.45) is 5.73 Å². The van der Waals surface area contributed by atoms with Crippen LogP contribution in [0.4, 0.5) is 0 Å². The fraction of sp³-hybridized carbons (Fsp3) is 0.154. The van der Waals surface area contributed by atoms with E-state index in [4.69, 9.17) is 33.7 Å². The number of halogens is 2. The summed E-state index contributed by atoms with van der Waals surface area (Å²) < 4.78 is 5.60. The summed E-state index contributed by atoms with van der Waals surface area (Å²) >= 11 is 11.8. The molecule has 94 valence electrons. The van der Waals surface area contributed by atoms with Crippen LogP contribution in [0.2, 0.25) is 10.0 Å². The van der Waals surface area contributed by atoms with Crippen LogP contribution in [-0.4, -0.2) is 4.98 Å². The summed E-state index contributed by atoms with van der Waals surface area (Å²) in [6, 6.07) is 8.56. The van der Waals surface area contributed by atoms with Crippen LogP contribution in [0.1, 0.15) is 18.5 Å². The number of hydrogen-bond acceptors (Lipinski definition) is 3. The maximum Gasteiger partial charge on any atom is 0.219 e. The van der Waals surface area contributed by atoms with Gasteiger partial charge < -0.3 is 10.5 Å². The van der Waals surface area contributed by atoms with Gasteiger partial charge >= 0.3 is 0 Å². The van der Waals surface area contributed by atoms with Crippen molar-refractivity contribution in [3.05, 3.63) is 52.1 Å². The molecule has 0 fully saturated rings. The van der Waals surface area contributed by atoms with Gasteiger partial charge in [-0.05, 0) is 36.8 Å². The molecule has 0 radical (unpaired) electrons. The Balaban J connectivity index is 2.25. The molecule has 0 aliphatic carbocycles. The SMILES string of the molecule is CC(N)c1ccnc(Oc2cc(Cl)cc(Cl)c2)c1. The number of ether oxygens (including phenoxy) is 1. The largest absolute Gasteiger partial charge is 0.439 e. The number of nitrogens with two attached hydrogens (primary N) is 1. The van der Waals surface area contributed by atoms with Gasteiger partial charge in [-0.25, -0.2) is 4.98 Å². The molecule has 2 rings (SSSR count). The van der Waals surface area contributed by atoms with Gasteiger partial charge in [0.2, 0.25) is 5.88 Å². The van der Waals surface area contributed by atoms with Gasteiger partial charge in [0.25, 0.3) is 0 Å². The zero-order valence-electron chi connectivity index (χ0n) is 9.73. The van der Waals surface area contributed by atoms with Crippen LogP contribution in [0.5, 0.6) is 11.6 Å². The lowest BCUT2D eigenvalue weighted by Crippen LogP contribution is -2.05. The lowest BCUT2D eigenvalue weighted by Gasteiger charge is -2.09. The Morgan fingerprint density at radius 3 is 2.44 bits per heavy atom. The molecular formula is C13H12Cl2N2O. The number of nitrogens with zero attached hydrogens (tertiary/aromatic N) is 1. The van der Waals surface area contributed by atoms with E-state index in [1.54, 1.807) is 30.5 Å². The van der Waals surface area contributed by atoms with E-state index in [-0.39, 0.29) is 6.04 Å². The number of rotatable bonds is 3. The quantitative estimate of drug-likeness (QED) is 0.918. The van der Waals surface area contributed by atoms with Crippen molar-refractivity contribution in [1.29, 1.82) is 0 Å². The molecule has 1 atom stereocenters. The van der Waals surface area contributed by atoms with Crippen LogP contribution in [0.3, 0.4) is 0 Å². The molecule has 0 saturated carbocycles. The molecule has 1 aromatic heterocycles. The molecule has 1 aromatic carbocycles. The topological polar surface area (TPSA) is 48.1 Å². The lowest BCUT2D eigenvalue weighted by molar-refractivity contribution is 0.461.